The molecule has 8 heteroatoms. The van der Waals surface area contributed by atoms with Crippen molar-refractivity contribution in [3.8, 4) is 23.0 Å². The third kappa shape index (κ3) is 3.65. The molecule has 7 nitrogen and oxygen atoms in total. The number of ether oxygens (including phenoxy) is 4. The van der Waals surface area contributed by atoms with Gasteiger partial charge in [-0.15, -0.1) is 0 Å². The summed E-state index contributed by atoms with van der Waals surface area (Å²) >= 11 is 0. The molecule has 130 valence electrons. The number of sulfonamides is 1. The van der Waals surface area contributed by atoms with Crippen LogP contribution in [0.15, 0.2) is 41.3 Å². The minimum absolute atomic E-state index is 0.00772. The molecule has 2 rings (SSSR count). The fraction of sp³-hybridized carbons (Fsp3) is 0.250. The van der Waals surface area contributed by atoms with Crippen molar-refractivity contribution in [1.29, 1.82) is 0 Å². The van der Waals surface area contributed by atoms with Crippen LogP contribution in [-0.4, -0.2) is 36.9 Å². The molecule has 0 radical (unpaired) electrons. The second-order valence-corrected chi connectivity index (χ2v) is 6.37. The Morgan fingerprint density at radius 3 is 1.71 bits per heavy atom. The molecule has 0 saturated heterocycles. The van der Waals surface area contributed by atoms with Gasteiger partial charge in [0.15, 0.2) is 0 Å². The Morgan fingerprint density at radius 2 is 1.29 bits per heavy atom. The van der Waals surface area contributed by atoms with E-state index in [-0.39, 0.29) is 10.6 Å². The highest BCUT2D eigenvalue weighted by atomic mass is 32.2. The minimum atomic E-state index is -3.91. The van der Waals surface area contributed by atoms with Gasteiger partial charge in [-0.05, 0) is 12.1 Å². The highest BCUT2D eigenvalue weighted by molar-refractivity contribution is 7.92. The van der Waals surface area contributed by atoms with E-state index in [4.69, 9.17) is 18.9 Å². The Hall–Kier alpha value is -2.61. The third-order valence-corrected chi connectivity index (χ3v) is 4.63. The van der Waals surface area contributed by atoms with Crippen LogP contribution in [0.4, 0.5) is 5.69 Å². The summed E-state index contributed by atoms with van der Waals surface area (Å²) in [7, 11) is 1.87. The van der Waals surface area contributed by atoms with E-state index >= 15 is 0 Å². The first-order valence-electron chi connectivity index (χ1n) is 6.92. The van der Waals surface area contributed by atoms with Gasteiger partial charge in [-0.1, -0.05) is 6.07 Å². The van der Waals surface area contributed by atoms with Crippen LogP contribution in [0.25, 0.3) is 0 Å². The molecule has 0 atom stereocenters. The zero-order valence-electron chi connectivity index (χ0n) is 13.8. The Bertz CT molecular complexity index is 775. The van der Waals surface area contributed by atoms with E-state index in [0.29, 0.717) is 23.0 Å². The van der Waals surface area contributed by atoms with Gasteiger partial charge in [-0.2, -0.15) is 0 Å². The lowest BCUT2D eigenvalue weighted by atomic mass is 10.3. The molecule has 24 heavy (non-hydrogen) atoms. The fourth-order valence-electron chi connectivity index (χ4n) is 2.08. The lowest BCUT2D eigenvalue weighted by Gasteiger charge is -2.16. The van der Waals surface area contributed by atoms with Gasteiger partial charge in [-0.3, -0.25) is 4.72 Å². The number of methoxy groups -OCH3 is 4. The molecule has 0 aliphatic heterocycles. The zero-order valence-corrected chi connectivity index (χ0v) is 14.6. The van der Waals surface area contributed by atoms with Crippen molar-refractivity contribution < 1.29 is 27.4 Å². The summed E-state index contributed by atoms with van der Waals surface area (Å²) < 4.78 is 48.6. The standard InChI is InChI=1S/C16H19NO6S/c1-20-11-8-12(21-2)10-13(9-11)24(18,19)17-16-14(22-3)6-5-7-15(16)23-4/h5-10,17H,1-4H3. The maximum absolute atomic E-state index is 12.7. The van der Waals surface area contributed by atoms with E-state index in [1.165, 1.54) is 40.6 Å². The minimum Gasteiger partial charge on any atom is -0.497 e. The van der Waals surface area contributed by atoms with Gasteiger partial charge >= 0.3 is 0 Å². The van der Waals surface area contributed by atoms with E-state index in [0.717, 1.165) is 0 Å². The molecule has 0 aliphatic rings. The topological polar surface area (TPSA) is 83.1 Å². The molecule has 0 aliphatic carbocycles. The van der Waals surface area contributed by atoms with Crippen LogP contribution in [0.1, 0.15) is 0 Å². The Morgan fingerprint density at radius 1 is 0.792 bits per heavy atom. The molecule has 0 bridgehead atoms. The molecule has 2 aromatic rings. The van der Waals surface area contributed by atoms with Crippen molar-refractivity contribution in [3.63, 3.8) is 0 Å². The fourth-order valence-corrected chi connectivity index (χ4v) is 3.21. The van der Waals surface area contributed by atoms with E-state index in [2.05, 4.69) is 4.72 Å². The smallest absolute Gasteiger partial charge is 0.262 e. The average Bonchev–Trinajstić information content (AvgIpc) is 2.61. The van der Waals surface area contributed by atoms with Gasteiger partial charge in [-0.25, -0.2) is 8.42 Å². The van der Waals surface area contributed by atoms with Gasteiger partial charge in [0, 0.05) is 18.2 Å². The summed E-state index contributed by atoms with van der Waals surface area (Å²) in [4.78, 5) is -0.00772. The van der Waals surface area contributed by atoms with Crippen LogP contribution in [0.5, 0.6) is 23.0 Å². The van der Waals surface area contributed by atoms with Crippen molar-refractivity contribution in [2.45, 2.75) is 4.90 Å². The van der Waals surface area contributed by atoms with Gasteiger partial charge in [0.2, 0.25) is 0 Å². The Kier molecular flexibility index (Phi) is 5.40. The van der Waals surface area contributed by atoms with E-state index in [1.54, 1.807) is 24.3 Å². The van der Waals surface area contributed by atoms with Crippen molar-refractivity contribution in [3.05, 3.63) is 36.4 Å². The van der Waals surface area contributed by atoms with Crippen LogP contribution in [0, 0.1) is 0 Å². The molecule has 0 amide bonds. The Labute approximate surface area is 141 Å². The zero-order chi connectivity index (χ0) is 17.7. The molecular weight excluding hydrogens is 334 g/mol. The quantitative estimate of drug-likeness (QED) is 0.823. The van der Waals surface area contributed by atoms with E-state index in [1.807, 2.05) is 0 Å². The highest BCUT2D eigenvalue weighted by Crippen LogP contribution is 2.36. The van der Waals surface area contributed by atoms with E-state index < -0.39 is 10.0 Å². The summed E-state index contributed by atoms with van der Waals surface area (Å²) in [5.41, 5.74) is 0.212. The molecule has 0 aromatic heterocycles. The van der Waals surface area contributed by atoms with Crippen LogP contribution in [0.3, 0.4) is 0 Å². The molecule has 0 heterocycles. The van der Waals surface area contributed by atoms with Gasteiger partial charge in [0.1, 0.15) is 28.7 Å². The highest BCUT2D eigenvalue weighted by Gasteiger charge is 2.21. The van der Waals surface area contributed by atoms with E-state index in [9.17, 15) is 8.42 Å². The van der Waals surface area contributed by atoms with Crippen molar-refractivity contribution in [2.24, 2.45) is 0 Å². The molecule has 0 unspecified atom stereocenters. The maximum Gasteiger partial charge on any atom is 0.262 e. The molecule has 0 saturated carbocycles. The van der Waals surface area contributed by atoms with Crippen LogP contribution < -0.4 is 23.7 Å². The number of nitrogens with one attached hydrogen (secondary N) is 1. The van der Waals surface area contributed by atoms with Crippen LogP contribution >= 0.6 is 0 Å². The first-order valence-corrected chi connectivity index (χ1v) is 8.40. The molecule has 1 N–H and O–H groups in total. The predicted octanol–water partition coefficient (Wildman–Crippen LogP) is 2.52. The second-order valence-electron chi connectivity index (χ2n) is 4.69. The van der Waals surface area contributed by atoms with Crippen LogP contribution in [0.2, 0.25) is 0 Å². The van der Waals surface area contributed by atoms with Crippen molar-refractivity contribution in [2.75, 3.05) is 33.2 Å². The summed E-state index contributed by atoms with van der Waals surface area (Å²) in [5.74, 6) is 1.41. The Balaban J connectivity index is 2.50. The van der Waals surface area contributed by atoms with Crippen LogP contribution in [-0.2, 0) is 10.0 Å². The molecule has 2 aromatic carbocycles. The number of benzene rings is 2. The predicted molar refractivity (Wildman–Crippen MR) is 89.9 cm³/mol. The SMILES string of the molecule is COc1cc(OC)cc(S(=O)(=O)Nc2c(OC)cccc2OC)c1. The lowest BCUT2D eigenvalue weighted by molar-refractivity contribution is 0.392. The largest absolute Gasteiger partial charge is 0.497 e. The first-order chi connectivity index (χ1) is 11.4. The van der Waals surface area contributed by atoms with Crippen molar-refractivity contribution >= 4 is 15.7 Å². The number of anilines is 1. The summed E-state index contributed by atoms with van der Waals surface area (Å²) in [5, 5.41) is 0. The number of hydrogen-bond acceptors (Lipinski definition) is 6. The number of hydrogen-bond donors (Lipinski definition) is 1. The molecule has 0 fully saturated rings. The summed E-state index contributed by atoms with van der Waals surface area (Å²) in [6.45, 7) is 0. The van der Waals surface area contributed by atoms with Gasteiger partial charge in [0.25, 0.3) is 10.0 Å². The van der Waals surface area contributed by atoms with Crippen molar-refractivity contribution in [1.82, 2.24) is 0 Å². The number of rotatable bonds is 7. The number of para-hydroxylation sites is 1. The molecular formula is C16H19NO6S. The third-order valence-electron chi connectivity index (χ3n) is 3.30. The van der Waals surface area contributed by atoms with Gasteiger partial charge < -0.3 is 18.9 Å². The maximum atomic E-state index is 12.7. The summed E-state index contributed by atoms with van der Waals surface area (Å²) in [6.07, 6.45) is 0. The molecule has 0 spiro atoms. The second kappa shape index (κ2) is 7.31. The average molecular weight is 353 g/mol. The van der Waals surface area contributed by atoms with Gasteiger partial charge in [0.05, 0.1) is 33.3 Å². The first kappa shape index (κ1) is 17.7. The monoisotopic (exact) mass is 353 g/mol. The summed E-state index contributed by atoms with van der Waals surface area (Å²) in [6, 6.07) is 9.34. The lowest BCUT2D eigenvalue weighted by Crippen LogP contribution is -2.14. The normalized spacial score (nSPS) is 10.8.